The van der Waals surface area contributed by atoms with Gasteiger partial charge in [0.1, 0.15) is 0 Å². The van der Waals surface area contributed by atoms with E-state index in [4.69, 9.17) is 25.3 Å². The Morgan fingerprint density at radius 1 is 1.11 bits per heavy atom. The molecule has 0 aromatic heterocycles. The van der Waals surface area contributed by atoms with Crippen molar-refractivity contribution in [1.29, 1.82) is 0 Å². The molecule has 0 fully saturated rings. The molecule has 0 rings (SSSR count). The normalized spacial score (nSPS) is 19.9. The Balaban J connectivity index is 4.62. The summed E-state index contributed by atoms with van der Waals surface area (Å²) in [6.45, 7) is 0. The minimum Gasteiger partial charge on any atom is -0.367 e. The summed E-state index contributed by atoms with van der Waals surface area (Å²) in [6, 6.07) is 0. The molecule has 0 aliphatic rings. The van der Waals surface area contributed by atoms with Gasteiger partial charge in [0.2, 0.25) is 5.96 Å². The van der Waals surface area contributed by atoms with E-state index in [0.717, 1.165) is 0 Å². The molecule has 0 saturated heterocycles. The molecule has 0 aromatic carbocycles. The van der Waals surface area contributed by atoms with Gasteiger partial charge in [0.05, 0.1) is 0 Å². The van der Waals surface area contributed by atoms with Crippen LogP contribution in [0.1, 0.15) is 0 Å². The zero-order chi connectivity index (χ0) is 14.6. The SMILES string of the molecule is NC(=NS)NOP(=O)(O)OP(=O)(O)OP(=O)(O)O. The first-order valence-corrected chi connectivity index (χ1v) is 8.35. The summed E-state index contributed by atoms with van der Waals surface area (Å²) >= 11 is 3.26. The van der Waals surface area contributed by atoms with Gasteiger partial charge >= 0.3 is 23.5 Å². The van der Waals surface area contributed by atoms with Crippen LogP contribution in [0.5, 0.6) is 0 Å². The summed E-state index contributed by atoms with van der Waals surface area (Å²) < 4.78 is 45.5. The van der Waals surface area contributed by atoms with E-state index in [9.17, 15) is 13.7 Å². The second-order valence-electron chi connectivity index (χ2n) is 2.27. The highest BCUT2D eigenvalue weighted by Crippen LogP contribution is 2.65. The van der Waals surface area contributed by atoms with Crippen molar-refractivity contribution in [3.63, 3.8) is 0 Å². The summed E-state index contributed by atoms with van der Waals surface area (Å²) in [4.78, 5) is 34.0. The molecule has 0 saturated carbocycles. The van der Waals surface area contributed by atoms with Gasteiger partial charge in [0, 0.05) is 0 Å². The highest BCUT2D eigenvalue weighted by molar-refractivity contribution is 7.79. The standard InChI is InChI=1S/CH8N3O10P3S/c2-1(4-18)3-12-16(8,9)14-17(10,11)13-15(5,6)7/h18H,(H,8,9)(H,10,11)(H3,2,3,4)(H2,5,6,7). The molecule has 13 nitrogen and oxygen atoms in total. The van der Waals surface area contributed by atoms with Crippen molar-refractivity contribution in [2.45, 2.75) is 0 Å². The smallest absolute Gasteiger partial charge is 0.367 e. The van der Waals surface area contributed by atoms with Gasteiger partial charge in [-0.1, -0.05) is 0 Å². The summed E-state index contributed by atoms with van der Waals surface area (Å²) in [5.41, 5.74) is 6.40. The van der Waals surface area contributed by atoms with Crippen LogP contribution in [-0.2, 0) is 26.9 Å². The monoisotopic (exact) mass is 347 g/mol. The first-order chi connectivity index (χ1) is 7.87. The van der Waals surface area contributed by atoms with Gasteiger partial charge < -0.3 is 25.3 Å². The Morgan fingerprint density at radius 3 is 2.00 bits per heavy atom. The fraction of sp³-hybridized carbons (Fsp3) is 0. The third-order valence-corrected chi connectivity index (χ3v) is 4.65. The molecule has 0 amide bonds. The third kappa shape index (κ3) is 9.03. The summed E-state index contributed by atoms with van der Waals surface area (Å²) in [5, 5.41) is 0. The summed E-state index contributed by atoms with van der Waals surface area (Å²) in [5.74, 6) is -0.611. The average molecular weight is 347 g/mol. The van der Waals surface area contributed by atoms with Gasteiger partial charge in [-0.3, -0.25) is 0 Å². The molecule has 0 aliphatic carbocycles. The third-order valence-electron chi connectivity index (χ3n) is 0.789. The van der Waals surface area contributed by atoms with Gasteiger partial charge in [-0.2, -0.15) is 17.6 Å². The highest BCUT2D eigenvalue weighted by atomic mass is 32.1. The Bertz CT molecular complexity index is 455. The molecular weight excluding hydrogens is 339 g/mol. The van der Waals surface area contributed by atoms with Gasteiger partial charge in [0.15, 0.2) is 0 Å². The number of nitrogens with zero attached hydrogens (tertiary/aromatic N) is 1. The molecule has 17 heteroatoms. The van der Waals surface area contributed by atoms with Gasteiger partial charge in [-0.15, -0.1) is 0 Å². The highest BCUT2D eigenvalue weighted by Gasteiger charge is 2.41. The Hall–Kier alpha value is 0.0300. The molecule has 108 valence electrons. The molecule has 7 N–H and O–H groups in total. The van der Waals surface area contributed by atoms with Crippen LogP contribution in [0.2, 0.25) is 0 Å². The number of rotatable bonds is 6. The number of phosphoric acid groups is 3. The Kier molecular flexibility index (Phi) is 6.47. The van der Waals surface area contributed by atoms with E-state index in [1.54, 1.807) is 0 Å². The van der Waals surface area contributed by atoms with Crippen molar-refractivity contribution in [3.8, 4) is 0 Å². The fourth-order valence-electron chi connectivity index (χ4n) is 0.421. The molecule has 2 atom stereocenters. The quantitative estimate of drug-likeness (QED) is 0.101. The van der Waals surface area contributed by atoms with Crippen molar-refractivity contribution >= 4 is 42.2 Å². The van der Waals surface area contributed by atoms with Crippen LogP contribution in [0.15, 0.2) is 4.40 Å². The largest absolute Gasteiger partial charge is 0.502 e. The second kappa shape index (κ2) is 6.46. The van der Waals surface area contributed by atoms with Crippen LogP contribution in [-0.4, -0.2) is 25.5 Å². The molecule has 0 aliphatic heterocycles. The maximum Gasteiger partial charge on any atom is 0.502 e. The van der Waals surface area contributed by atoms with Gasteiger partial charge in [-0.05, 0) is 12.8 Å². The molecule has 0 spiro atoms. The van der Waals surface area contributed by atoms with E-state index in [0.29, 0.717) is 0 Å². The van der Waals surface area contributed by atoms with Crippen LogP contribution in [0.3, 0.4) is 0 Å². The molecule has 0 radical (unpaired) electrons. The zero-order valence-electron chi connectivity index (χ0n) is 8.05. The maximum atomic E-state index is 11.0. The molecule has 18 heavy (non-hydrogen) atoms. The lowest BCUT2D eigenvalue weighted by Gasteiger charge is -2.15. The number of nitrogens with one attached hydrogen (secondary N) is 1. The van der Waals surface area contributed by atoms with Crippen molar-refractivity contribution < 1.29 is 46.5 Å². The molecular formula is CH8N3O10P3S. The van der Waals surface area contributed by atoms with Crippen molar-refractivity contribution in [1.82, 2.24) is 5.48 Å². The lowest BCUT2D eigenvalue weighted by molar-refractivity contribution is 0.148. The molecule has 0 heterocycles. The van der Waals surface area contributed by atoms with E-state index >= 15 is 0 Å². The first kappa shape index (κ1) is 18.0. The van der Waals surface area contributed by atoms with Gasteiger partial charge in [0.25, 0.3) is 0 Å². The van der Waals surface area contributed by atoms with E-state index in [1.165, 1.54) is 5.48 Å². The second-order valence-corrected chi connectivity index (χ2v) is 6.81. The number of hydrogen-bond acceptors (Lipinski definition) is 8. The zero-order valence-corrected chi connectivity index (χ0v) is 11.6. The molecule has 0 bridgehead atoms. The van der Waals surface area contributed by atoms with Crippen LogP contribution in [0, 0.1) is 0 Å². The minimum atomic E-state index is -5.54. The Morgan fingerprint density at radius 2 is 1.61 bits per heavy atom. The number of hydrogen-bond donors (Lipinski definition) is 7. The Labute approximate surface area is 105 Å². The predicted octanol–water partition coefficient (Wildman–Crippen LogP) is -1.01. The van der Waals surface area contributed by atoms with Crippen LogP contribution in [0.4, 0.5) is 0 Å². The molecule has 0 aromatic rings. The van der Waals surface area contributed by atoms with Crippen LogP contribution >= 0.6 is 36.3 Å². The van der Waals surface area contributed by atoms with E-state index in [2.05, 4.69) is 30.5 Å². The minimum absolute atomic E-state index is 0.611. The fourth-order valence-corrected chi connectivity index (χ4v) is 3.31. The van der Waals surface area contributed by atoms with E-state index in [-0.39, 0.29) is 0 Å². The number of hydroxylamine groups is 1. The first-order valence-electron chi connectivity index (χ1n) is 3.43. The van der Waals surface area contributed by atoms with Crippen LogP contribution < -0.4 is 11.2 Å². The van der Waals surface area contributed by atoms with Crippen molar-refractivity contribution in [2.24, 2.45) is 10.1 Å². The van der Waals surface area contributed by atoms with E-state index < -0.39 is 29.4 Å². The number of thiol groups is 1. The predicted molar refractivity (Wildman–Crippen MR) is 58.7 cm³/mol. The summed E-state index contributed by atoms with van der Waals surface area (Å²) in [6.07, 6.45) is 0. The van der Waals surface area contributed by atoms with Crippen molar-refractivity contribution in [3.05, 3.63) is 0 Å². The lowest BCUT2D eigenvalue weighted by Crippen LogP contribution is -2.30. The van der Waals surface area contributed by atoms with Crippen LogP contribution in [0.25, 0.3) is 0 Å². The van der Waals surface area contributed by atoms with Crippen molar-refractivity contribution in [2.75, 3.05) is 0 Å². The number of nitrogens with two attached hydrogens (primary N) is 1. The van der Waals surface area contributed by atoms with Gasteiger partial charge in [-0.25, -0.2) is 19.2 Å². The topological polar surface area (TPSA) is 210 Å². The summed E-state index contributed by atoms with van der Waals surface area (Å²) in [7, 11) is -16.2. The number of guanidine groups is 1. The average Bonchev–Trinajstić information content (AvgIpc) is 2.08. The molecule has 2 unspecified atom stereocenters. The van der Waals surface area contributed by atoms with E-state index in [1.807, 2.05) is 0 Å². The lowest BCUT2D eigenvalue weighted by atomic mass is 11.1. The maximum absolute atomic E-state index is 11.0.